The van der Waals surface area contributed by atoms with Gasteiger partial charge < -0.3 is 10.6 Å². The lowest BCUT2D eigenvalue weighted by atomic mass is 10.1. The maximum absolute atomic E-state index is 10.8. The highest BCUT2D eigenvalue weighted by molar-refractivity contribution is 6.10. The van der Waals surface area contributed by atoms with Gasteiger partial charge in [0.15, 0.2) is 0 Å². The predicted octanol–water partition coefficient (Wildman–Crippen LogP) is 2.24. The van der Waals surface area contributed by atoms with Gasteiger partial charge in [-0.1, -0.05) is 18.2 Å². The summed E-state index contributed by atoms with van der Waals surface area (Å²) in [5, 5.41) is 13.9. The van der Waals surface area contributed by atoms with Gasteiger partial charge in [0, 0.05) is 29.2 Å². The van der Waals surface area contributed by atoms with Crippen LogP contribution in [0.15, 0.2) is 54.1 Å². The molecule has 1 amide bonds. The van der Waals surface area contributed by atoms with Crippen LogP contribution in [0.5, 0.6) is 0 Å². The van der Waals surface area contributed by atoms with Crippen molar-refractivity contribution in [2.75, 3.05) is 5.32 Å². The van der Waals surface area contributed by atoms with Crippen molar-refractivity contribution in [3.63, 3.8) is 0 Å². The summed E-state index contributed by atoms with van der Waals surface area (Å²) in [6, 6.07) is 9.42. The highest BCUT2D eigenvalue weighted by Crippen LogP contribution is 2.13. The molecular weight excluding hydrogens is 278 g/mol. The second-order valence-electron chi connectivity index (χ2n) is 4.65. The number of hydrogen-bond acceptors (Lipinski definition) is 5. The Labute approximate surface area is 128 Å². The fourth-order valence-corrected chi connectivity index (χ4v) is 1.83. The maximum Gasteiger partial charge on any atom is 0.212 e. The number of nitrogens with one attached hydrogen (secondary N) is 3. The van der Waals surface area contributed by atoms with Crippen molar-refractivity contribution in [3.05, 3.63) is 65.5 Å². The van der Waals surface area contributed by atoms with E-state index in [2.05, 4.69) is 20.6 Å². The number of para-hydroxylation sites is 1. The van der Waals surface area contributed by atoms with Gasteiger partial charge in [0.25, 0.3) is 0 Å². The zero-order valence-corrected chi connectivity index (χ0v) is 12.4. The zero-order chi connectivity index (χ0) is 15.9. The van der Waals surface area contributed by atoms with E-state index in [9.17, 15) is 4.79 Å². The fourth-order valence-electron chi connectivity index (χ4n) is 1.83. The summed E-state index contributed by atoms with van der Waals surface area (Å²) in [5.74, 6) is 1.10. The van der Waals surface area contributed by atoms with Gasteiger partial charge in [-0.3, -0.25) is 10.2 Å². The molecule has 112 valence electrons. The van der Waals surface area contributed by atoms with Crippen LogP contribution in [0.4, 0.5) is 5.69 Å². The number of benzene rings is 1. The van der Waals surface area contributed by atoms with E-state index < -0.39 is 0 Å². The van der Waals surface area contributed by atoms with E-state index in [4.69, 9.17) is 5.41 Å². The lowest BCUT2D eigenvalue weighted by Crippen LogP contribution is -2.22. The van der Waals surface area contributed by atoms with Crippen LogP contribution in [0, 0.1) is 12.3 Å². The summed E-state index contributed by atoms with van der Waals surface area (Å²) in [4.78, 5) is 19.0. The van der Waals surface area contributed by atoms with Gasteiger partial charge in [-0.15, -0.1) is 0 Å². The average molecular weight is 295 g/mol. The minimum absolute atomic E-state index is 0.243. The van der Waals surface area contributed by atoms with E-state index in [0.29, 0.717) is 29.2 Å². The van der Waals surface area contributed by atoms with Crippen LogP contribution in [-0.2, 0) is 4.79 Å². The Morgan fingerprint density at radius 2 is 1.82 bits per heavy atom. The Morgan fingerprint density at radius 3 is 2.41 bits per heavy atom. The van der Waals surface area contributed by atoms with E-state index in [-0.39, 0.29) is 5.71 Å². The van der Waals surface area contributed by atoms with Crippen molar-refractivity contribution in [1.29, 1.82) is 5.41 Å². The summed E-state index contributed by atoms with van der Waals surface area (Å²) >= 11 is 0. The van der Waals surface area contributed by atoms with Crippen molar-refractivity contribution in [2.24, 2.45) is 0 Å². The van der Waals surface area contributed by atoms with Gasteiger partial charge in [-0.2, -0.15) is 0 Å². The lowest BCUT2D eigenvalue weighted by Gasteiger charge is -2.14. The van der Waals surface area contributed by atoms with E-state index in [1.165, 1.54) is 0 Å². The summed E-state index contributed by atoms with van der Waals surface area (Å²) in [5.41, 5.74) is 2.23. The minimum Gasteiger partial charge on any atom is -0.341 e. The first-order valence-corrected chi connectivity index (χ1v) is 6.73. The molecule has 0 saturated heterocycles. The molecule has 0 radical (unpaired) electrons. The van der Waals surface area contributed by atoms with Crippen LogP contribution in [-0.4, -0.2) is 22.1 Å². The largest absolute Gasteiger partial charge is 0.341 e. The molecule has 1 heterocycles. The fraction of sp³-hybridized carbons (Fsp3) is 0.125. The molecule has 0 spiro atoms. The average Bonchev–Trinajstić information content (AvgIpc) is 2.55. The first-order valence-electron chi connectivity index (χ1n) is 6.73. The first kappa shape index (κ1) is 15.4. The van der Waals surface area contributed by atoms with Crippen LogP contribution in [0.25, 0.3) is 0 Å². The molecule has 0 aliphatic heterocycles. The molecule has 0 saturated carbocycles. The molecule has 2 rings (SSSR count). The summed E-state index contributed by atoms with van der Waals surface area (Å²) in [6.07, 6.45) is 3.76. The molecule has 0 bridgehead atoms. The van der Waals surface area contributed by atoms with Crippen LogP contribution in [0.1, 0.15) is 18.3 Å². The van der Waals surface area contributed by atoms with Gasteiger partial charge in [0.2, 0.25) is 6.41 Å². The number of carbonyl (C=O) groups excluding carboxylic acids is 1. The molecule has 0 fully saturated rings. The van der Waals surface area contributed by atoms with Crippen LogP contribution < -0.4 is 10.6 Å². The third-order valence-corrected chi connectivity index (χ3v) is 3.07. The number of rotatable bonds is 6. The van der Waals surface area contributed by atoms with E-state index >= 15 is 0 Å². The van der Waals surface area contributed by atoms with E-state index in [1.54, 1.807) is 26.2 Å². The highest BCUT2D eigenvalue weighted by Gasteiger charge is 2.11. The Kier molecular flexibility index (Phi) is 4.98. The summed E-state index contributed by atoms with van der Waals surface area (Å²) in [6.45, 7) is 3.54. The molecule has 0 unspecified atom stereocenters. The molecule has 3 N–H and O–H groups in total. The second-order valence-corrected chi connectivity index (χ2v) is 4.65. The molecule has 0 atom stereocenters. The molecule has 22 heavy (non-hydrogen) atoms. The zero-order valence-electron chi connectivity index (χ0n) is 12.4. The van der Waals surface area contributed by atoms with E-state index in [0.717, 1.165) is 5.69 Å². The third-order valence-electron chi connectivity index (χ3n) is 3.07. The Morgan fingerprint density at radius 1 is 1.18 bits per heavy atom. The first-order chi connectivity index (χ1) is 10.6. The number of anilines is 1. The molecule has 6 heteroatoms. The van der Waals surface area contributed by atoms with Gasteiger partial charge in [-0.25, -0.2) is 9.97 Å². The SMILES string of the molecule is C/C(C(=N)c1cnc(C)nc1)=C(\NC=O)Nc1ccccc1. The number of aryl methyl sites for hydroxylation is 1. The molecular formula is C16H17N5O. The third kappa shape index (κ3) is 3.76. The Balaban J connectivity index is 2.30. The number of nitrogens with zero attached hydrogens (tertiary/aromatic N) is 2. The molecule has 0 aliphatic carbocycles. The van der Waals surface area contributed by atoms with Crippen LogP contribution in [0.2, 0.25) is 0 Å². The van der Waals surface area contributed by atoms with Crippen molar-refractivity contribution in [3.8, 4) is 0 Å². The van der Waals surface area contributed by atoms with Gasteiger partial charge in [0.1, 0.15) is 11.6 Å². The minimum atomic E-state index is 0.243. The Bertz CT molecular complexity index is 692. The van der Waals surface area contributed by atoms with Gasteiger partial charge in [-0.05, 0) is 26.0 Å². The standard InChI is InChI=1S/C16H17N5O/c1-11(15(17)13-8-18-12(2)19-9-13)16(20-10-22)21-14-6-4-3-5-7-14/h3-10,17,21H,1-2H3,(H,20,22)/b16-11-,17-15?. The van der Waals surface area contributed by atoms with Crippen molar-refractivity contribution in [2.45, 2.75) is 13.8 Å². The molecule has 1 aromatic carbocycles. The Hall–Kier alpha value is -3.02. The normalized spacial score (nSPS) is 11.4. The number of aromatic nitrogens is 2. The summed E-state index contributed by atoms with van der Waals surface area (Å²) in [7, 11) is 0. The van der Waals surface area contributed by atoms with Crippen LogP contribution in [0.3, 0.4) is 0 Å². The monoisotopic (exact) mass is 295 g/mol. The van der Waals surface area contributed by atoms with Crippen molar-refractivity contribution < 1.29 is 4.79 Å². The number of hydrogen-bond donors (Lipinski definition) is 3. The quantitative estimate of drug-likeness (QED) is 0.563. The number of carbonyl (C=O) groups is 1. The second kappa shape index (κ2) is 7.12. The van der Waals surface area contributed by atoms with Crippen molar-refractivity contribution >= 4 is 17.8 Å². The molecule has 2 aromatic rings. The lowest BCUT2D eigenvalue weighted by molar-refractivity contribution is -0.108. The maximum atomic E-state index is 10.8. The highest BCUT2D eigenvalue weighted by atomic mass is 16.1. The van der Waals surface area contributed by atoms with Crippen molar-refractivity contribution in [1.82, 2.24) is 15.3 Å². The molecule has 1 aromatic heterocycles. The number of allylic oxidation sites excluding steroid dienone is 1. The van der Waals surface area contributed by atoms with Gasteiger partial charge in [0.05, 0.1) is 5.71 Å². The number of amides is 1. The molecule has 0 aliphatic rings. The molecule has 6 nitrogen and oxygen atoms in total. The smallest absolute Gasteiger partial charge is 0.212 e. The summed E-state index contributed by atoms with van der Waals surface area (Å²) < 4.78 is 0. The van der Waals surface area contributed by atoms with E-state index in [1.807, 2.05) is 30.3 Å². The topological polar surface area (TPSA) is 90.8 Å². The van der Waals surface area contributed by atoms with Gasteiger partial charge >= 0.3 is 0 Å². The van der Waals surface area contributed by atoms with Crippen LogP contribution >= 0.6 is 0 Å². The predicted molar refractivity (Wildman–Crippen MR) is 85.6 cm³/mol.